The lowest BCUT2D eigenvalue weighted by Crippen LogP contribution is -2.33. The highest BCUT2D eigenvalue weighted by Crippen LogP contribution is 2.21. The molecule has 0 aromatic carbocycles. The maximum absolute atomic E-state index is 12.1. The van der Waals surface area contributed by atoms with Crippen molar-refractivity contribution in [2.24, 2.45) is 0 Å². The zero-order chi connectivity index (χ0) is 14.6. The van der Waals surface area contributed by atoms with Crippen LogP contribution in [0.2, 0.25) is 0 Å². The first kappa shape index (κ1) is 16.5. The average Bonchev–Trinajstić information content (AvgIpc) is 2.36. The molecule has 2 unspecified atom stereocenters. The Hall–Kier alpha value is -0.530. The maximum atomic E-state index is 12.1. The van der Waals surface area contributed by atoms with Crippen molar-refractivity contribution in [1.82, 2.24) is 9.78 Å². The molecule has 2 atom stereocenters. The topological polar surface area (TPSA) is 67.2 Å². The number of hydrogen-bond acceptors (Lipinski definition) is 5. The van der Waals surface area contributed by atoms with E-state index in [0.29, 0.717) is 10.2 Å². The number of nitrogens with zero attached hydrogens (tertiary/aromatic N) is 2. The lowest BCUT2D eigenvalue weighted by atomic mass is 10.2. The summed E-state index contributed by atoms with van der Waals surface area (Å²) < 4.78 is 1.90. The summed E-state index contributed by atoms with van der Waals surface area (Å²) in [5.41, 5.74) is 0.499. The molecule has 0 spiro atoms. The van der Waals surface area contributed by atoms with Gasteiger partial charge in [0.1, 0.15) is 4.47 Å². The molecule has 0 amide bonds. The summed E-state index contributed by atoms with van der Waals surface area (Å²) in [6.07, 6.45) is 3.58. The second kappa shape index (κ2) is 7.31. The number of nitrogens with one attached hydrogen (secondary N) is 1. The van der Waals surface area contributed by atoms with Gasteiger partial charge in [0.25, 0.3) is 5.56 Å². The molecular formula is C12H20BrN3O2S. The molecule has 1 rings (SSSR count). The van der Waals surface area contributed by atoms with Crippen molar-refractivity contribution in [3.8, 4) is 0 Å². The number of aliphatic hydroxyl groups is 1. The smallest absolute Gasteiger partial charge is 0.283 e. The van der Waals surface area contributed by atoms with E-state index in [-0.39, 0.29) is 29.5 Å². The van der Waals surface area contributed by atoms with Crippen molar-refractivity contribution >= 4 is 33.4 Å². The van der Waals surface area contributed by atoms with Gasteiger partial charge in [-0.05, 0) is 43.0 Å². The van der Waals surface area contributed by atoms with Gasteiger partial charge in [0.15, 0.2) is 0 Å². The molecular weight excluding hydrogens is 330 g/mol. The molecule has 0 radical (unpaired) electrons. The van der Waals surface area contributed by atoms with E-state index in [2.05, 4.69) is 26.3 Å². The second-order valence-electron chi connectivity index (χ2n) is 4.61. The van der Waals surface area contributed by atoms with E-state index in [1.54, 1.807) is 18.0 Å². The van der Waals surface area contributed by atoms with Gasteiger partial charge in [-0.2, -0.15) is 16.9 Å². The van der Waals surface area contributed by atoms with Crippen molar-refractivity contribution in [2.75, 3.05) is 18.2 Å². The lowest BCUT2D eigenvalue weighted by molar-refractivity contribution is 0.288. The summed E-state index contributed by atoms with van der Waals surface area (Å²) in [7, 11) is 0. The molecule has 1 aromatic rings. The van der Waals surface area contributed by atoms with E-state index in [1.807, 2.05) is 27.0 Å². The molecule has 2 N–H and O–H groups in total. The third-order valence-electron chi connectivity index (χ3n) is 2.86. The minimum atomic E-state index is -0.156. The van der Waals surface area contributed by atoms with Gasteiger partial charge in [0.2, 0.25) is 0 Å². The lowest BCUT2D eigenvalue weighted by Gasteiger charge is -2.23. The monoisotopic (exact) mass is 349 g/mol. The maximum Gasteiger partial charge on any atom is 0.283 e. The molecule has 1 aromatic heterocycles. The van der Waals surface area contributed by atoms with Gasteiger partial charge in [-0.25, -0.2) is 4.68 Å². The zero-order valence-electron chi connectivity index (χ0n) is 11.6. The van der Waals surface area contributed by atoms with E-state index in [0.717, 1.165) is 0 Å². The molecule has 7 heteroatoms. The molecule has 19 heavy (non-hydrogen) atoms. The number of thioether (sulfide) groups is 1. The summed E-state index contributed by atoms with van der Waals surface area (Å²) in [5.74, 6) is 0. The van der Waals surface area contributed by atoms with Crippen molar-refractivity contribution in [3.05, 3.63) is 21.0 Å². The fraction of sp³-hybridized carbons (Fsp3) is 0.667. The van der Waals surface area contributed by atoms with E-state index >= 15 is 0 Å². The second-order valence-corrected chi connectivity index (χ2v) is 6.48. The Morgan fingerprint density at radius 3 is 2.63 bits per heavy atom. The van der Waals surface area contributed by atoms with Gasteiger partial charge >= 0.3 is 0 Å². The molecule has 0 bridgehead atoms. The number of anilines is 1. The first-order valence-corrected chi connectivity index (χ1v) is 8.18. The van der Waals surface area contributed by atoms with Crippen molar-refractivity contribution < 1.29 is 5.11 Å². The molecule has 5 nitrogen and oxygen atoms in total. The van der Waals surface area contributed by atoms with Crippen LogP contribution in [0.3, 0.4) is 0 Å². The predicted molar refractivity (Wildman–Crippen MR) is 84.1 cm³/mol. The minimum absolute atomic E-state index is 0.0201. The number of rotatable bonds is 6. The standard InChI is InChI=1S/C12H20BrN3O2S/c1-7(2)16-12(18)11(13)9(5-14-16)15-8(3)10(6-17)19-4/h5,7-8,10,15,17H,6H2,1-4H3. The Morgan fingerprint density at radius 2 is 2.16 bits per heavy atom. The van der Waals surface area contributed by atoms with E-state index in [9.17, 15) is 9.90 Å². The van der Waals surface area contributed by atoms with Crippen LogP contribution in [0.4, 0.5) is 5.69 Å². The minimum Gasteiger partial charge on any atom is -0.395 e. The Bertz CT molecular complexity index is 475. The van der Waals surface area contributed by atoms with Gasteiger partial charge < -0.3 is 10.4 Å². The third kappa shape index (κ3) is 3.97. The normalized spacial score (nSPS) is 14.5. The fourth-order valence-corrected chi connectivity index (χ4v) is 2.71. The van der Waals surface area contributed by atoms with Crippen LogP contribution in [0, 0.1) is 0 Å². The van der Waals surface area contributed by atoms with Crippen LogP contribution in [0.1, 0.15) is 26.8 Å². The van der Waals surface area contributed by atoms with Gasteiger partial charge in [-0.3, -0.25) is 4.79 Å². The molecule has 0 aliphatic carbocycles. The van der Waals surface area contributed by atoms with Crippen LogP contribution in [0.25, 0.3) is 0 Å². The molecule has 0 saturated carbocycles. The summed E-state index contributed by atoms with van der Waals surface area (Å²) >= 11 is 4.90. The highest BCUT2D eigenvalue weighted by atomic mass is 79.9. The first-order chi connectivity index (χ1) is 8.92. The number of aliphatic hydroxyl groups excluding tert-OH is 1. The van der Waals surface area contributed by atoms with Crippen LogP contribution in [-0.4, -0.2) is 39.0 Å². The fourth-order valence-electron chi connectivity index (χ4n) is 1.69. The Kier molecular flexibility index (Phi) is 6.35. The van der Waals surface area contributed by atoms with Gasteiger partial charge in [-0.1, -0.05) is 0 Å². The first-order valence-electron chi connectivity index (χ1n) is 6.09. The van der Waals surface area contributed by atoms with Crippen LogP contribution < -0.4 is 10.9 Å². The largest absolute Gasteiger partial charge is 0.395 e. The van der Waals surface area contributed by atoms with Gasteiger partial charge in [-0.15, -0.1) is 0 Å². The van der Waals surface area contributed by atoms with E-state index in [4.69, 9.17) is 0 Å². The van der Waals surface area contributed by atoms with Crippen molar-refractivity contribution in [2.45, 2.75) is 38.1 Å². The molecule has 1 heterocycles. The van der Waals surface area contributed by atoms with Crippen LogP contribution >= 0.6 is 27.7 Å². The Morgan fingerprint density at radius 1 is 1.53 bits per heavy atom. The molecule has 0 aliphatic heterocycles. The quantitative estimate of drug-likeness (QED) is 0.823. The predicted octanol–water partition coefficient (Wildman–Crippen LogP) is 2.11. The van der Waals surface area contributed by atoms with Crippen molar-refractivity contribution in [1.29, 1.82) is 0 Å². The summed E-state index contributed by atoms with van der Waals surface area (Å²) in [6.45, 7) is 5.87. The van der Waals surface area contributed by atoms with Gasteiger partial charge in [0.05, 0.1) is 24.5 Å². The Balaban J connectivity index is 2.98. The zero-order valence-corrected chi connectivity index (χ0v) is 14.0. The summed E-state index contributed by atoms with van der Waals surface area (Å²) in [4.78, 5) is 12.1. The molecule has 0 saturated heterocycles. The highest BCUT2D eigenvalue weighted by Gasteiger charge is 2.18. The third-order valence-corrected chi connectivity index (χ3v) is 4.79. The molecule has 0 fully saturated rings. The average molecular weight is 350 g/mol. The van der Waals surface area contributed by atoms with Crippen molar-refractivity contribution in [3.63, 3.8) is 0 Å². The highest BCUT2D eigenvalue weighted by molar-refractivity contribution is 9.10. The summed E-state index contributed by atoms with van der Waals surface area (Å²) in [5, 5.41) is 16.7. The SMILES string of the molecule is CSC(CO)C(C)Nc1cnn(C(C)C)c(=O)c1Br. The van der Waals surface area contributed by atoms with E-state index in [1.165, 1.54) is 4.68 Å². The molecule has 108 valence electrons. The summed E-state index contributed by atoms with van der Waals surface area (Å²) in [6, 6.07) is 0.0547. The Labute approximate surface area is 125 Å². The van der Waals surface area contributed by atoms with Crippen LogP contribution in [-0.2, 0) is 0 Å². The van der Waals surface area contributed by atoms with Crippen LogP contribution in [0.5, 0.6) is 0 Å². The van der Waals surface area contributed by atoms with E-state index < -0.39 is 0 Å². The van der Waals surface area contributed by atoms with Gasteiger partial charge in [0, 0.05) is 11.3 Å². The number of aromatic nitrogens is 2. The molecule has 0 aliphatic rings. The number of halogens is 1. The number of hydrogen-bond donors (Lipinski definition) is 2. The van der Waals surface area contributed by atoms with Crippen LogP contribution in [0.15, 0.2) is 15.5 Å².